The van der Waals surface area contributed by atoms with Gasteiger partial charge in [0.15, 0.2) is 0 Å². The Balaban J connectivity index is 0. The van der Waals surface area contributed by atoms with E-state index in [2.05, 4.69) is 5.32 Å². The Labute approximate surface area is 75.3 Å². The fourth-order valence-electron chi connectivity index (χ4n) is 0.153. The van der Waals surface area contributed by atoms with Crippen LogP contribution in [-0.2, 0) is 37.5 Å². The zero-order chi connectivity index (χ0) is 5.91. The summed E-state index contributed by atoms with van der Waals surface area (Å²) in [6.07, 6.45) is 1.61. The minimum Gasteiger partial charge on any atom is -0.526 e. The molecule has 0 aromatic carbocycles. The van der Waals surface area contributed by atoms with Crippen molar-refractivity contribution in [2.75, 3.05) is 0 Å². The van der Waals surface area contributed by atoms with Gasteiger partial charge in [-0.25, -0.2) is 0 Å². The van der Waals surface area contributed by atoms with Crippen molar-refractivity contribution in [1.29, 1.82) is 0 Å². The molecule has 3 heteroatoms. The summed E-state index contributed by atoms with van der Waals surface area (Å²) in [4.78, 5) is 9.58. The van der Waals surface area contributed by atoms with Crippen LogP contribution in [0.3, 0.4) is 0 Å². The Hall–Kier alpha value is 0.574. The Morgan fingerprint density at radius 1 is 1.38 bits per heavy atom. The van der Waals surface area contributed by atoms with Gasteiger partial charge < -0.3 is 10.1 Å². The Morgan fingerprint density at radius 3 is 1.75 bits per heavy atom. The van der Waals surface area contributed by atoms with E-state index in [0.29, 0.717) is 0 Å². The van der Waals surface area contributed by atoms with Crippen LogP contribution < -0.4 is 5.32 Å². The third-order valence-electron chi connectivity index (χ3n) is 0.426. The van der Waals surface area contributed by atoms with Crippen LogP contribution in [0.1, 0.15) is 20.8 Å². The molecule has 42 valence electrons. The third-order valence-corrected chi connectivity index (χ3v) is 0.426. The van der Waals surface area contributed by atoms with Gasteiger partial charge in [0.2, 0.25) is 0 Å². The molecule has 0 aliphatic rings. The molecule has 0 fully saturated rings. The molecule has 0 heterocycles. The summed E-state index contributed by atoms with van der Waals surface area (Å²) >= 11 is 0. The van der Waals surface area contributed by atoms with Crippen LogP contribution in [0.4, 0.5) is 0 Å². The molecule has 0 aromatic rings. The third kappa shape index (κ3) is 9.76. The maximum Gasteiger partial charge on any atom is 3.00 e. The topological polar surface area (TPSA) is 29.1 Å². The van der Waals surface area contributed by atoms with Gasteiger partial charge in [0.05, 0.1) is 0 Å². The van der Waals surface area contributed by atoms with Gasteiger partial charge in [-0.2, -0.15) is 6.41 Å². The maximum absolute atomic E-state index is 9.58. The van der Waals surface area contributed by atoms with Crippen LogP contribution in [0, 0.1) is 0 Å². The number of hydrogen-bond acceptors (Lipinski definition) is 1. The van der Waals surface area contributed by atoms with Crippen LogP contribution in [0.5, 0.6) is 0 Å². The van der Waals surface area contributed by atoms with E-state index in [0.717, 1.165) is 0 Å². The minimum atomic E-state index is -0.123. The monoisotopic (exact) mass is 189 g/mol. The van der Waals surface area contributed by atoms with Crippen LogP contribution in [0.2, 0.25) is 0 Å². The SMILES string of the molecule is CC(C)(C)N[C-]=O.[Y+3]. The largest absolute Gasteiger partial charge is 3.00 e. The predicted octanol–water partition coefficient (Wildman–Crippen LogP) is 0.439. The van der Waals surface area contributed by atoms with Crippen molar-refractivity contribution in [2.24, 2.45) is 0 Å². The van der Waals surface area contributed by atoms with Gasteiger partial charge in [-0.3, -0.25) is 0 Å². The van der Waals surface area contributed by atoms with Crippen molar-refractivity contribution in [3.63, 3.8) is 0 Å². The second-order valence-corrected chi connectivity index (χ2v) is 2.48. The van der Waals surface area contributed by atoms with Gasteiger partial charge in [-0.05, 0) is 20.8 Å². The van der Waals surface area contributed by atoms with Crippen LogP contribution in [-0.4, -0.2) is 11.9 Å². The number of hydrogen-bond donors (Lipinski definition) is 1. The molecular formula is C5H10NOY+2. The summed E-state index contributed by atoms with van der Waals surface area (Å²) in [5.74, 6) is 0. The fraction of sp³-hybridized carbons (Fsp3) is 0.800. The summed E-state index contributed by atoms with van der Waals surface area (Å²) in [7, 11) is 0. The Morgan fingerprint density at radius 2 is 1.75 bits per heavy atom. The smallest absolute Gasteiger partial charge is 0.526 e. The van der Waals surface area contributed by atoms with Crippen molar-refractivity contribution in [3.05, 3.63) is 0 Å². The molecule has 0 aliphatic heterocycles. The first-order valence-electron chi connectivity index (χ1n) is 2.20. The summed E-state index contributed by atoms with van der Waals surface area (Å²) in [6.45, 7) is 5.70. The van der Waals surface area contributed by atoms with Crippen molar-refractivity contribution in [1.82, 2.24) is 5.32 Å². The molecule has 0 aromatic heterocycles. The molecule has 0 saturated heterocycles. The van der Waals surface area contributed by atoms with E-state index in [1.54, 1.807) is 6.41 Å². The summed E-state index contributed by atoms with van der Waals surface area (Å²) < 4.78 is 0. The number of amides is 1. The second-order valence-electron chi connectivity index (χ2n) is 2.48. The molecule has 1 amide bonds. The first-order valence-corrected chi connectivity index (χ1v) is 2.20. The molecule has 0 unspecified atom stereocenters. The average Bonchev–Trinajstić information content (AvgIpc) is 1.30. The molecule has 0 bridgehead atoms. The number of nitrogens with one attached hydrogen (secondary N) is 1. The molecular weight excluding hydrogens is 179 g/mol. The molecule has 8 heavy (non-hydrogen) atoms. The van der Waals surface area contributed by atoms with Crippen LogP contribution in [0.25, 0.3) is 0 Å². The van der Waals surface area contributed by atoms with Gasteiger partial charge in [0.25, 0.3) is 0 Å². The number of carbonyl (C=O) groups excluding carboxylic acids is 1. The normalized spacial score (nSPS) is 9.38. The molecule has 0 rings (SSSR count). The minimum absolute atomic E-state index is 0. The van der Waals surface area contributed by atoms with Crippen molar-refractivity contribution in [3.8, 4) is 0 Å². The summed E-state index contributed by atoms with van der Waals surface area (Å²) in [5.41, 5.74) is -0.123. The van der Waals surface area contributed by atoms with Gasteiger partial charge in [-0.15, -0.1) is 0 Å². The predicted molar refractivity (Wildman–Crippen MR) is 28.6 cm³/mol. The van der Waals surface area contributed by atoms with Crippen LogP contribution in [0.15, 0.2) is 0 Å². The molecule has 0 saturated carbocycles. The van der Waals surface area contributed by atoms with Gasteiger partial charge >= 0.3 is 32.7 Å². The second kappa shape index (κ2) is 4.45. The maximum atomic E-state index is 9.58. The van der Waals surface area contributed by atoms with E-state index in [1.165, 1.54) is 0 Å². The molecule has 0 spiro atoms. The standard InChI is InChI=1S/C5H10NO.Y/c1-5(2,3)6-4-7;/h1-3H3,(H,6,7);/q-1;+3. The number of rotatable bonds is 1. The van der Waals surface area contributed by atoms with Gasteiger partial charge in [-0.1, -0.05) is 0 Å². The van der Waals surface area contributed by atoms with Crippen LogP contribution >= 0.6 is 0 Å². The van der Waals surface area contributed by atoms with E-state index in [4.69, 9.17) is 0 Å². The van der Waals surface area contributed by atoms with E-state index < -0.39 is 0 Å². The van der Waals surface area contributed by atoms with Crippen molar-refractivity contribution < 1.29 is 37.5 Å². The quantitative estimate of drug-likeness (QED) is 0.470. The zero-order valence-electron chi connectivity index (χ0n) is 5.49. The molecule has 2 nitrogen and oxygen atoms in total. The van der Waals surface area contributed by atoms with Crippen molar-refractivity contribution in [2.45, 2.75) is 26.3 Å². The van der Waals surface area contributed by atoms with Gasteiger partial charge in [0, 0.05) is 5.54 Å². The fourth-order valence-corrected chi connectivity index (χ4v) is 0.153. The first kappa shape index (κ1) is 11.4. The first-order chi connectivity index (χ1) is 3.06. The zero-order valence-corrected chi connectivity index (χ0v) is 8.32. The van der Waals surface area contributed by atoms with Crippen molar-refractivity contribution >= 4 is 6.41 Å². The molecule has 0 atom stereocenters. The average molecular weight is 189 g/mol. The van der Waals surface area contributed by atoms with E-state index >= 15 is 0 Å². The Bertz CT molecular complexity index is 67.3. The Kier molecular flexibility index (Phi) is 6.33. The van der Waals surface area contributed by atoms with E-state index in [-0.39, 0.29) is 38.2 Å². The molecule has 0 radical (unpaired) electrons. The summed E-state index contributed by atoms with van der Waals surface area (Å²) in [6, 6.07) is 0. The van der Waals surface area contributed by atoms with Gasteiger partial charge in [0.1, 0.15) is 0 Å². The molecule has 0 aliphatic carbocycles. The molecule has 1 N–H and O–H groups in total. The van der Waals surface area contributed by atoms with E-state index in [1.807, 2.05) is 20.8 Å². The van der Waals surface area contributed by atoms with E-state index in [9.17, 15) is 4.79 Å². The summed E-state index contributed by atoms with van der Waals surface area (Å²) in [5, 5.41) is 2.48.